The zero-order chi connectivity index (χ0) is 15.2. The van der Waals surface area contributed by atoms with Crippen LogP contribution in [0.1, 0.15) is 31.2 Å². The lowest BCUT2D eigenvalue weighted by Crippen LogP contribution is -2.25. The van der Waals surface area contributed by atoms with Gasteiger partial charge in [-0.15, -0.1) is 12.4 Å². The lowest BCUT2D eigenvalue weighted by molar-refractivity contribution is -0.119. The zero-order valence-electron chi connectivity index (χ0n) is 12.6. The maximum Gasteiger partial charge on any atom is 0.255 e. The van der Waals surface area contributed by atoms with Crippen molar-refractivity contribution < 1.29 is 14.3 Å². The highest BCUT2D eigenvalue weighted by atomic mass is 35.5. The van der Waals surface area contributed by atoms with Crippen LogP contribution in [0.3, 0.4) is 0 Å². The topological polar surface area (TPSA) is 73.6 Å². The number of carbonyl (C=O) groups excluding carboxylic acids is 1. The maximum absolute atomic E-state index is 10.8. The van der Waals surface area contributed by atoms with E-state index < -0.39 is 5.91 Å². The first-order chi connectivity index (χ1) is 10.1. The number of nitrogens with one attached hydrogen (secondary N) is 1. The van der Waals surface area contributed by atoms with E-state index in [4.69, 9.17) is 26.8 Å². The zero-order valence-corrected chi connectivity index (χ0v) is 14.1. The second-order valence-electron chi connectivity index (χ2n) is 5.23. The summed E-state index contributed by atoms with van der Waals surface area (Å²) in [6.45, 7) is 0.507. The number of primary amides is 1. The van der Waals surface area contributed by atoms with Crippen molar-refractivity contribution in [1.82, 2.24) is 5.32 Å². The Labute approximate surface area is 141 Å². The van der Waals surface area contributed by atoms with Crippen molar-refractivity contribution >= 4 is 29.9 Å². The van der Waals surface area contributed by atoms with Crippen LogP contribution in [-0.2, 0) is 11.3 Å². The second kappa shape index (κ2) is 9.08. The molecule has 0 spiro atoms. The molecule has 0 atom stereocenters. The summed E-state index contributed by atoms with van der Waals surface area (Å²) in [5.74, 6) is 0.301. The van der Waals surface area contributed by atoms with Gasteiger partial charge in [0.2, 0.25) is 0 Å². The minimum atomic E-state index is -0.555. The van der Waals surface area contributed by atoms with Gasteiger partial charge in [0.15, 0.2) is 18.1 Å². The molecule has 1 fully saturated rings. The number of amides is 1. The third-order valence-corrected chi connectivity index (χ3v) is 3.88. The van der Waals surface area contributed by atoms with Crippen molar-refractivity contribution in [3.63, 3.8) is 0 Å². The standard InChI is InChI=1S/C15H21ClN2O3.ClH/c1-20-13-7-10(8-18-11-4-2-3-5-11)6-12(16)15(13)21-9-14(17)19;/h6-7,11,18H,2-5,8-9H2,1H3,(H2,17,19);1H. The van der Waals surface area contributed by atoms with E-state index in [1.165, 1.54) is 32.8 Å². The van der Waals surface area contributed by atoms with E-state index in [9.17, 15) is 4.79 Å². The third-order valence-electron chi connectivity index (χ3n) is 3.60. The van der Waals surface area contributed by atoms with Crippen LogP contribution in [0.2, 0.25) is 5.02 Å². The quantitative estimate of drug-likeness (QED) is 0.794. The average Bonchev–Trinajstić information content (AvgIpc) is 2.96. The lowest BCUT2D eigenvalue weighted by Gasteiger charge is -2.15. The van der Waals surface area contributed by atoms with E-state index in [2.05, 4.69) is 5.32 Å². The monoisotopic (exact) mass is 348 g/mol. The first kappa shape index (κ1) is 18.9. The van der Waals surface area contributed by atoms with Crippen molar-refractivity contribution in [3.8, 4) is 11.5 Å². The molecular weight excluding hydrogens is 327 g/mol. The van der Waals surface area contributed by atoms with Gasteiger partial charge in [0.05, 0.1) is 12.1 Å². The summed E-state index contributed by atoms with van der Waals surface area (Å²) in [6, 6.07) is 4.27. The Hall–Kier alpha value is -1.17. The first-order valence-corrected chi connectivity index (χ1v) is 7.49. The Bertz CT molecular complexity index is 506. The molecule has 1 saturated carbocycles. The predicted molar refractivity (Wildman–Crippen MR) is 89.0 cm³/mol. The van der Waals surface area contributed by atoms with E-state index in [0.29, 0.717) is 22.6 Å². The molecule has 0 aromatic heterocycles. The van der Waals surface area contributed by atoms with Gasteiger partial charge in [0.1, 0.15) is 0 Å². The Morgan fingerprint density at radius 3 is 2.68 bits per heavy atom. The summed E-state index contributed by atoms with van der Waals surface area (Å²) in [4.78, 5) is 10.8. The summed E-state index contributed by atoms with van der Waals surface area (Å²) < 4.78 is 10.6. The van der Waals surface area contributed by atoms with Crippen molar-refractivity contribution in [2.75, 3.05) is 13.7 Å². The number of ether oxygens (including phenoxy) is 2. The van der Waals surface area contributed by atoms with Gasteiger partial charge in [-0.2, -0.15) is 0 Å². The van der Waals surface area contributed by atoms with Gasteiger partial charge in [-0.3, -0.25) is 4.79 Å². The maximum atomic E-state index is 10.8. The molecule has 1 aliphatic rings. The minimum absolute atomic E-state index is 0. The molecule has 0 aliphatic heterocycles. The minimum Gasteiger partial charge on any atom is -0.493 e. The van der Waals surface area contributed by atoms with Gasteiger partial charge >= 0.3 is 0 Å². The molecule has 1 aromatic rings. The van der Waals surface area contributed by atoms with Crippen LogP contribution in [0.4, 0.5) is 0 Å². The molecule has 2 rings (SSSR count). The van der Waals surface area contributed by atoms with Crippen LogP contribution in [0, 0.1) is 0 Å². The van der Waals surface area contributed by atoms with Crippen LogP contribution < -0.4 is 20.5 Å². The van der Waals surface area contributed by atoms with Crippen molar-refractivity contribution in [3.05, 3.63) is 22.7 Å². The van der Waals surface area contributed by atoms with Crippen LogP contribution in [0.25, 0.3) is 0 Å². The molecule has 3 N–H and O–H groups in total. The molecule has 0 heterocycles. The molecule has 7 heteroatoms. The van der Waals surface area contributed by atoms with E-state index in [1.807, 2.05) is 12.1 Å². The Balaban J connectivity index is 0.00000242. The fourth-order valence-corrected chi connectivity index (χ4v) is 2.84. The number of nitrogens with two attached hydrogens (primary N) is 1. The van der Waals surface area contributed by atoms with E-state index >= 15 is 0 Å². The number of hydrogen-bond acceptors (Lipinski definition) is 4. The summed E-state index contributed by atoms with van der Waals surface area (Å²) in [5.41, 5.74) is 6.09. The van der Waals surface area contributed by atoms with Gasteiger partial charge in [-0.25, -0.2) is 0 Å². The number of carbonyl (C=O) groups is 1. The van der Waals surface area contributed by atoms with Crippen LogP contribution in [-0.4, -0.2) is 25.7 Å². The Kier molecular flexibility index (Phi) is 7.79. The predicted octanol–water partition coefficient (Wildman–Crippen LogP) is 2.67. The first-order valence-electron chi connectivity index (χ1n) is 7.11. The van der Waals surface area contributed by atoms with Crippen LogP contribution >= 0.6 is 24.0 Å². The Morgan fingerprint density at radius 1 is 1.41 bits per heavy atom. The molecule has 124 valence electrons. The third kappa shape index (κ3) is 5.23. The lowest BCUT2D eigenvalue weighted by atomic mass is 10.1. The smallest absolute Gasteiger partial charge is 0.255 e. The molecule has 1 amide bonds. The van der Waals surface area contributed by atoms with Gasteiger partial charge in [-0.05, 0) is 30.5 Å². The summed E-state index contributed by atoms with van der Waals surface area (Å²) in [6.07, 6.45) is 5.04. The molecule has 22 heavy (non-hydrogen) atoms. The van der Waals surface area contributed by atoms with Crippen LogP contribution in [0.15, 0.2) is 12.1 Å². The largest absolute Gasteiger partial charge is 0.493 e. The van der Waals surface area contributed by atoms with E-state index in [-0.39, 0.29) is 19.0 Å². The summed E-state index contributed by atoms with van der Waals surface area (Å²) in [7, 11) is 1.54. The molecule has 0 bridgehead atoms. The molecule has 1 aromatic carbocycles. The molecule has 0 radical (unpaired) electrons. The number of rotatable bonds is 7. The molecule has 0 saturated heterocycles. The fraction of sp³-hybridized carbons (Fsp3) is 0.533. The number of halogens is 2. The number of benzene rings is 1. The highest BCUT2D eigenvalue weighted by molar-refractivity contribution is 6.32. The molecule has 5 nitrogen and oxygen atoms in total. The van der Waals surface area contributed by atoms with Crippen molar-refractivity contribution in [2.24, 2.45) is 5.73 Å². The molecule has 0 unspecified atom stereocenters. The second-order valence-corrected chi connectivity index (χ2v) is 5.63. The fourth-order valence-electron chi connectivity index (χ4n) is 2.55. The summed E-state index contributed by atoms with van der Waals surface area (Å²) in [5, 5.41) is 3.93. The molecular formula is C15H22Cl2N2O3. The van der Waals surface area contributed by atoms with Crippen molar-refractivity contribution in [1.29, 1.82) is 0 Å². The van der Waals surface area contributed by atoms with Gasteiger partial charge in [0.25, 0.3) is 5.91 Å². The number of methoxy groups -OCH3 is 1. The van der Waals surface area contributed by atoms with Crippen molar-refractivity contribution in [2.45, 2.75) is 38.3 Å². The van der Waals surface area contributed by atoms with E-state index in [1.54, 1.807) is 0 Å². The van der Waals surface area contributed by atoms with E-state index in [0.717, 1.165) is 12.1 Å². The number of hydrogen-bond donors (Lipinski definition) is 2. The van der Waals surface area contributed by atoms with Gasteiger partial charge in [-0.1, -0.05) is 24.4 Å². The highest BCUT2D eigenvalue weighted by Gasteiger charge is 2.16. The normalized spacial score (nSPS) is 14.5. The van der Waals surface area contributed by atoms with Crippen LogP contribution in [0.5, 0.6) is 11.5 Å². The van der Waals surface area contributed by atoms with Gasteiger partial charge in [0, 0.05) is 12.6 Å². The summed E-state index contributed by atoms with van der Waals surface area (Å²) >= 11 is 6.21. The highest BCUT2D eigenvalue weighted by Crippen LogP contribution is 2.36. The average molecular weight is 349 g/mol. The molecule has 1 aliphatic carbocycles. The Morgan fingerprint density at radius 2 is 2.09 bits per heavy atom. The van der Waals surface area contributed by atoms with Gasteiger partial charge < -0.3 is 20.5 Å². The SMILES string of the molecule is COc1cc(CNC2CCCC2)cc(Cl)c1OCC(N)=O.Cl.